The fourth-order valence-corrected chi connectivity index (χ4v) is 1.99. The number of ether oxygens (including phenoxy) is 3. The monoisotopic (exact) mass is 261 g/mol. The van der Waals surface area contributed by atoms with Gasteiger partial charge in [-0.05, 0) is 6.42 Å². The average Bonchev–Trinajstić information content (AvgIpc) is 2.35. The van der Waals surface area contributed by atoms with Gasteiger partial charge in [0.05, 0.1) is 32.8 Å². The van der Waals surface area contributed by atoms with Crippen molar-refractivity contribution in [2.24, 2.45) is 0 Å². The maximum absolute atomic E-state index is 10.7. The Kier molecular flexibility index (Phi) is 7.91. The Morgan fingerprint density at radius 1 is 1.44 bits per heavy atom. The first-order valence-corrected chi connectivity index (χ1v) is 6.34. The van der Waals surface area contributed by atoms with E-state index in [4.69, 9.17) is 19.3 Å². The van der Waals surface area contributed by atoms with E-state index in [9.17, 15) is 4.79 Å². The molecule has 1 N–H and O–H groups in total. The van der Waals surface area contributed by atoms with Crippen molar-refractivity contribution in [1.29, 1.82) is 0 Å². The van der Waals surface area contributed by atoms with Crippen LogP contribution in [-0.4, -0.2) is 75.3 Å². The molecule has 0 aliphatic carbocycles. The zero-order valence-corrected chi connectivity index (χ0v) is 11.0. The van der Waals surface area contributed by atoms with Crippen LogP contribution in [0.3, 0.4) is 0 Å². The zero-order chi connectivity index (χ0) is 13.2. The number of morpholine rings is 1. The quantitative estimate of drug-likeness (QED) is 0.599. The third-order valence-electron chi connectivity index (χ3n) is 2.93. The fraction of sp³-hybridized carbons (Fsp3) is 0.917. The Bertz CT molecular complexity index is 237. The van der Waals surface area contributed by atoms with E-state index < -0.39 is 5.97 Å². The summed E-state index contributed by atoms with van der Waals surface area (Å²) in [6.45, 7) is 4.75. The maximum atomic E-state index is 10.7. The largest absolute Gasteiger partial charge is 0.481 e. The third kappa shape index (κ3) is 6.30. The second-order valence-corrected chi connectivity index (χ2v) is 4.32. The molecule has 1 aliphatic heterocycles. The molecule has 18 heavy (non-hydrogen) atoms. The zero-order valence-electron chi connectivity index (χ0n) is 11.0. The van der Waals surface area contributed by atoms with Crippen molar-refractivity contribution in [1.82, 2.24) is 4.90 Å². The molecule has 6 nitrogen and oxygen atoms in total. The first-order chi connectivity index (χ1) is 8.74. The van der Waals surface area contributed by atoms with E-state index >= 15 is 0 Å². The minimum Gasteiger partial charge on any atom is -0.481 e. The minimum atomic E-state index is -0.771. The summed E-state index contributed by atoms with van der Waals surface area (Å²) in [5.74, 6) is -0.771. The standard InChI is InChI=1S/C12H23NO5/c1-16-7-8-17-5-2-3-13-4-6-18-10-11(13)9-12(14)15/h11H,2-10H2,1H3,(H,14,15). The van der Waals surface area contributed by atoms with Gasteiger partial charge in [-0.25, -0.2) is 0 Å². The number of nitrogens with zero attached hydrogens (tertiary/aromatic N) is 1. The van der Waals surface area contributed by atoms with E-state index in [1.807, 2.05) is 0 Å². The van der Waals surface area contributed by atoms with Gasteiger partial charge >= 0.3 is 5.97 Å². The van der Waals surface area contributed by atoms with E-state index in [0.717, 1.165) is 19.5 Å². The van der Waals surface area contributed by atoms with Gasteiger partial charge in [-0.3, -0.25) is 9.69 Å². The maximum Gasteiger partial charge on any atom is 0.305 e. The molecule has 0 amide bonds. The molecule has 1 atom stereocenters. The van der Waals surface area contributed by atoms with Crippen LogP contribution < -0.4 is 0 Å². The lowest BCUT2D eigenvalue weighted by molar-refractivity contribution is -0.140. The second-order valence-electron chi connectivity index (χ2n) is 4.32. The van der Waals surface area contributed by atoms with Gasteiger partial charge in [-0.2, -0.15) is 0 Å². The van der Waals surface area contributed by atoms with Gasteiger partial charge in [0, 0.05) is 32.8 Å². The molecule has 1 aliphatic rings. The van der Waals surface area contributed by atoms with Crippen LogP contribution in [0.5, 0.6) is 0 Å². The molecule has 0 saturated carbocycles. The number of hydrogen-bond donors (Lipinski definition) is 1. The normalized spacial score (nSPS) is 21.1. The van der Waals surface area contributed by atoms with Crippen molar-refractivity contribution in [3.8, 4) is 0 Å². The molecule has 0 spiro atoms. The van der Waals surface area contributed by atoms with Crippen LogP contribution in [0.4, 0.5) is 0 Å². The highest BCUT2D eigenvalue weighted by Crippen LogP contribution is 2.11. The Morgan fingerprint density at radius 2 is 2.28 bits per heavy atom. The van der Waals surface area contributed by atoms with Gasteiger partial charge in [-0.1, -0.05) is 0 Å². The predicted molar refractivity (Wildman–Crippen MR) is 65.7 cm³/mol. The highest BCUT2D eigenvalue weighted by molar-refractivity contribution is 5.67. The van der Waals surface area contributed by atoms with Crippen molar-refractivity contribution in [2.45, 2.75) is 18.9 Å². The lowest BCUT2D eigenvalue weighted by atomic mass is 10.1. The molecule has 0 aromatic heterocycles. The van der Waals surface area contributed by atoms with E-state index in [-0.39, 0.29) is 12.5 Å². The number of carbonyl (C=O) groups is 1. The Labute approximate surface area is 108 Å². The summed E-state index contributed by atoms with van der Waals surface area (Å²) < 4.78 is 15.6. The van der Waals surface area contributed by atoms with E-state index in [1.54, 1.807) is 7.11 Å². The molecule has 6 heteroatoms. The van der Waals surface area contributed by atoms with Crippen LogP contribution in [0.15, 0.2) is 0 Å². The molecular formula is C12H23NO5. The topological polar surface area (TPSA) is 68.2 Å². The van der Waals surface area contributed by atoms with Crippen molar-refractivity contribution < 1.29 is 24.1 Å². The Morgan fingerprint density at radius 3 is 3.00 bits per heavy atom. The van der Waals surface area contributed by atoms with Gasteiger partial charge in [0.25, 0.3) is 0 Å². The summed E-state index contributed by atoms with van der Waals surface area (Å²) in [6, 6.07) is -0.00442. The summed E-state index contributed by atoms with van der Waals surface area (Å²) in [5, 5.41) is 8.83. The highest BCUT2D eigenvalue weighted by Gasteiger charge is 2.24. The molecule has 1 heterocycles. The lowest BCUT2D eigenvalue weighted by Crippen LogP contribution is -2.47. The summed E-state index contributed by atoms with van der Waals surface area (Å²) in [7, 11) is 1.65. The van der Waals surface area contributed by atoms with E-state index in [2.05, 4.69) is 4.90 Å². The Balaban J connectivity index is 2.15. The average molecular weight is 261 g/mol. The molecule has 0 bridgehead atoms. The number of methoxy groups -OCH3 is 1. The smallest absolute Gasteiger partial charge is 0.305 e. The van der Waals surface area contributed by atoms with E-state index in [0.29, 0.717) is 33.0 Å². The van der Waals surface area contributed by atoms with Crippen LogP contribution in [0.25, 0.3) is 0 Å². The first-order valence-electron chi connectivity index (χ1n) is 6.34. The molecule has 1 unspecified atom stereocenters. The van der Waals surface area contributed by atoms with Gasteiger partial charge in [-0.15, -0.1) is 0 Å². The molecule has 106 valence electrons. The highest BCUT2D eigenvalue weighted by atomic mass is 16.5. The molecule has 1 rings (SSSR count). The number of carboxylic acids is 1. The first kappa shape index (κ1) is 15.4. The van der Waals surface area contributed by atoms with Crippen LogP contribution in [0.2, 0.25) is 0 Å². The van der Waals surface area contributed by atoms with Crippen LogP contribution >= 0.6 is 0 Å². The summed E-state index contributed by atoms with van der Waals surface area (Å²) in [5.41, 5.74) is 0. The third-order valence-corrected chi connectivity index (χ3v) is 2.93. The Hall–Kier alpha value is -0.690. The number of carboxylic acid groups (broad SMARTS) is 1. The van der Waals surface area contributed by atoms with Crippen molar-refractivity contribution in [3.63, 3.8) is 0 Å². The fourth-order valence-electron chi connectivity index (χ4n) is 1.99. The van der Waals surface area contributed by atoms with Crippen LogP contribution in [-0.2, 0) is 19.0 Å². The van der Waals surface area contributed by atoms with Crippen LogP contribution in [0, 0.1) is 0 Å². The summed E-state index contributed by atoms with van der Waals surface area (Å²) >= 11 is 0. The van der Waals surface area contributed by atoms with Gasteiger partial charge in [0.15, 0.2) is 0 Å². The molecule has 1 saturated heterocycles. The molecular weight excluding hydrogens is 238 g/mol. The summed E-state index contributed by atoms with van der Waals surface area (Å²) in [6.07, 6.45) is 1.05. The lowest BCUT2D eigenvalue weighted by Gasteiger charge is -2.34. The van der Waals surface area contributed by atoms with Crippen LogP contribution in [0.1, 0.15) is 12.8 Å². The van der Waals surface area contributed by atoms with Gasteiger partial charge in [0.2, 0.25) is 0 Å². The van der Waals surface area contributed by atoms with Crippen molar-refractivity contribution in [3.05, 3.63) is 0 Å². The minimum absolute atomic E-state index is 0.00442. The number of aliphatic carboxylic acids is 1. The SMILES string of the molecule is COCCOCCCN1CCOCC1CC(=O)O. The molecule has 0 aromatic carbocycles. The molecule has 0 radical (unpaired) electrons. The molecule has 1 fully saturated rings. The van der Waals surface area contributed by atoms with Crippen molar-refractivity contribution >= 4 is 5.97 Å². The molecule has 0 aromatic rings. The second kappa shape index (κ2) is 9.27. The van der Waals surface area contributed by atoms with Gasteiger partial charge in [0.1, 0.15) is 0 Å². The van der Waals surface area contributed by atoms with E-state index in [1.165, 1.54) is 0 Å². The number of rotatable bonds is 9. The summed E-state index contributed by atoms with van der Waals surface area (Å²) in [4.78, 5) is 12.9. The number of hydrogen-bond acceptors (Lipinski definition) is 5. The van der Waals surface area contributed by atoms with Crippen molar-refractivity contribution in [2.75, 3.05) is 53.2 Å². The van der Waals surface area contributed by atoms with Gasteiger partial charge < -0.3 is 19.3 Å². The predicted octanol–water partition coefficient (Wildman–Crippen LogP) is 0.215.